The Morgan fingerprint density at radius 2 is 1.81 bits per heavy atom. The number of aromatic hydroxyl groups is 1. The predicted octanol–water partition coefficient (Wildman–Crippen LogP) is 3.02. The number of phenols is 1. The lowest BCUT2D eigenvalue weighted by molar-refractivity contribution is 0.0748. The third kappa shape index (κ3) is 2.86. The molecule has 6 heteroatoms. The average molecular weight is 362 g/mol. The van der Waals surface area contributed by atoms with E-state index in [1.54, 1.807) is 17.0 Å². The maximum Gasteiger partial charge on any atom is 0.258 e. The van der Waals surface area contributed by atoms with Gasteiger partial charge in [-0.25, -0.2) is 0 Å². The Morgan fingerprint density at radius 3 is 2.52 bits per heavy atom. The van der Waals surface area contributed by atoms with Crippen LogP contribution in [0.25, 0.3) is 10.9 Å². The zero-order chi connectivity index (χ0) is 18.4. The number of H-pyrrole nitrogens is 1. The number of phenolic OH excluding ortho intramolecular Hbond substituents is 1. The first kappa shape index (κ1) is 16.3. The summed E-state index contributed by atoms with van der Waals surface area (Å²) >= 11 is 0. The molecule has 0 saturated carbocycles. The van der Waals surface area contributed by atoms with Gasteiger partial charge < -0.3 is 10.0 Å². The minimum atomic E-state index is -0.140. The summed E-state index contributed by atoms with van der Waals surface area (Å²) in [5.41, 5.74) is 4.39. The van der Waals surface area contributed by atoms with Gasteiger partial charge in [-0.15, -0.1) is 0 Å². The fraction of sp³-hybridized carbons (Fsp3) is 0.333. The number of benzene rings is 2. The van der Waals surface area contributed by atoms with E-state index in [2.05, 4.69) is 27.2 Å². The fourth-order valence-electron chi connectivity index (χ4n) is 4.20. The minimum absolute atomic E-state index is 0.0114. The topological polar surface area (TPSA) is 72.5 Å². The molecule has 2 aromatic carbocycles. The number of hydrogen-bond acceptors (Lipinski definition) is 4. The van der Waals surface area contributed by atoms with E-state index in [1.807, 2.05) is 12.1 Å². The van der Waals surface area contributed by atoms with Crippen LogP contribution in [0, 0.1) is 0 Å². The summed E-state index contributed by atoms with van der Waals surface area (Å²) in [6.07, 6.45) is 2.46. The second-order valence-electron chi connectivity index (χ2n) is 7.50. The number of amides is 1. The number of carbonyl (C=O) groups is 1. The van der Waals surface area contributed by atoms with E-state index in [1.165, 1.54) is 24.0 Å². The van der Waals surface area contributed by atoms with E-state index in [0.29, 0.717) is 24.2 Å². The Labute approximate surface area is 157 Å². The second-order valence-corrected chi connectivity index (χ2v) is 7.50. The monoisotopic (exact) mass is 362 g/mol. The number of nitrogens with zero attached hydrogens (tertiary/aromatic N) is 3. The standard InChI is InChI=1S/C21H22N4O2/c26-20-10-18-16(19(23-22-18)13-24-7-3-4-8-24)9-17(20)21(27)25-11-14-5-1-2-6-15(14)12-25/h1-2,5-6,9-10,26H,3-4,7-8,11-13H2,(H,22,23). The number of carbonyl (C=O) groups excluding carboxylic acids is 1. The molecule has 5 rings (SSSR count). The summed E-state index contributed by atoms with van der Waals surface area (Å²) in [5, 5.41) is 18.8. The highest BCUT2D eigenvalue weighted by Crippen LogP contribution is 2.31. The molecule has 0 bridgehead atoms. The summed E-state index contributed by atoms with van der Waals surface area (Å²) in [6.45, 7) is 4.15. The Hall–Kier alpha value is -2.86. The summed E-state index contributed by atoms with van der Waals surface area (Å²) in [6, 6.07) is 11.5. The van der Waals surface area contributed by atoms with Crippen LogP contribution in [0.15, 0.2) is 36.4 Å². The minimum Gasteiger partial charge on any atom is -0.507 e. The molecule has 1 fully saturated rings. The van der Waals surface area contributed by atoms with Crippen molar-refractivity contribution in [2.45, 2.75) is 32.5 Å². The summed E-state index contributed by atoms with van der Waals surface area (Å²) in [5.74, 6) is -0.151. The SMILES string of the molecule is O=C(c1cc2c(CN3CCCC3)[nH]nc2cc1O)N1Cc2ccccc2C1. The largest absolute Gasteiger partial charge is 0.507 e. The van der Waals surface area contributed by atoms with E-state index >= 15 is 0 Å². The maximum atomic E-state index is 13.1. The number of aromatic amines is 1. The lowest BCUT2D eigenvalue weighted by Crippen LogP contribution is -2.25. The molecule has 3 aromatic rings. The molecule has 1 aromatic heterocycles. The molecule has 2 aliphatic heterocycles. The molecule has 138 valence electrons. The third-order valence-electron chi connectivity index (χ3n) is 5.69. The van der Waals surface area contributed by atoms with E-state index in [0.717, 1.165) is 30.7 Å². The van der Waals surface area contributed by atoms with Crippen LogP contribution in [-0.2, 0) is 19.6 Å². The maximum absolute atomic E-state index is 13.1. The first-order valence-corrected chi connectivity index (χ1v) is 9.47. The number of nitrogens with one attached hydrogen (secondary N) is 1. The smallest absolute Gasteiger partial charge is 0.258 e. The van der Waals surface area contributed by atoms with Crippen molar-refractivity contribution in [2.24, 2.45) is 0 Å². The van der Waals surface area contributed by atoms with Crippen LogP contribution in [0.4, 0.5) is 0 Å². The first-order chi connectivity index (χ1) is 13.2. The average Bonchev–Trinajstić information content (AvgIpc) is 3.40. The molecule has 2 aliphatic rings. The second kappa shape index (κ2) is 6.39. The van der Waals surface area contributed by atoms with Crippen molar-refractivity contribution in [3.05, 3.63) is 58.8 Å². The van der Waals surface area contributed by atoms with Crippen molar-refractivity contribution < 1.29 is 9.90 Å². The van der Waals surface area contributed by atoms with Crippen LogP contribution in [-0.4, -0.2) is 44.1 Å². The molecule has 0 atom stereocenters. The number of aromatic nitrogens is 2. The summed E-state index contributed by atoms with van der Waals surface area (Å²) in [7, 11) is 0. The van der Waals surface area contributed by atoms with Gasteiger partial charge in [0.2, 0.25) is 0 Å². The van der Waals surface area contributed by atoms with E-state index in [-0.39, 0.29) is 11.7 Å². The van der Waals surface area contributed by atoms with Crippen LogP contribution in [0.3, 0.4) is 0 Å². The molecule has 6 nitrogen and oxygen atoms in total. The first-order valence-electron chi connectivity index (χ1n) is 9.47. The highest BCUT2D eigenvalue weighted by atomic mass is 16.3. The Balaban J connectivity index is 1.46. The Kier molecular flexibility index (Phi) is 3.86. The highest BCUT2D eigenvalue weighted by Gasteiger charge is 2.26. The van der Waals surface area contributed by atoms with Gasteiger partial charge in [0.25, 0.3) is 5.91 Å². The molecule has 1 amide bonds. The van der Waals surface area contributed by atoms with E-state index in [4.69, 9.17) is 0 Å². The zero-order valence-electron chi connectivity index (χ0n) is 15.1. The molecular formula is C21H22N4O2. The number of fused-ring (bicyclic) bond motifs is 2. The number of likely N-dealkylation sites (tertiary alicyclic amines) is 1. The van der Waals surface area contributed by atoms with Gasteiger partial charge in [0.1, 0.15) is 5.75 Å². The molecule has 0 unspecified atom stereocenters. The van der Waals surface area contributed by atoms with Crippen LogP contribution >= 0.6 is 0 Å². The molecule has 27 heavy (non-hydrogen) atoms. The van der Waals surface area contributed by atoms with Crippen LogP contribution in [0.5, 0.6) is 5.75 Å². The highest BCUT2D eigenvalue weighted by molar-refractivity contribution is 6.01. The van der Waals surface area contributed by atoms with Crippen molar-refractivity contribution in [1.29, 1.82) is 0 Å². The van der Waals surface area contributed by atoms with E-state index < -0.39 is 0 Å². The van der Waals surface area contributed by atoms with Gasteiger partial charge in [0.05, 0.1) is 16.8 Å². The summed E-state index contributed by atoms with van der Waals surface area (Å²) < 4.78 is 0. The number of hydrogen-bond donors (Lipinski definition) is 2. The van der Waals surface area contributed by atoms with Crippen molar-refractivity contribution >= 4 is 16.8 Å². The van der Waals surface area contributed by atoms with Crippen LogP contribution in [0.1, 0.15) is 40.0 Å². The van der Waals surface area contributed by atoms with Gasteiger partial charge in [-0.2, -0.15) is 5.10 Å². The molecule has 1 saturated heterocycles. The van der Waals surface area contributed by atoms with Gasteiger partial charge in [-0.3, -0.25) is 14.8 Å². The van der Waals surface area contributed by atoms with Gasteiger partial charge >= 0.3 is 0 Å². The lowest BCUT2D eigenvalue weighted by atomic mass is 10.1. The van der Waals surface area contributed by atoms with Gasteiger partial charge in [-0.1, -0.05) is 24.3 Å². The van der Waals surface area contributed by atoms with Gasteiger partial charge in [0, 0.05) is 31.1 Å². The fourth-order valence-corrected chi connectivity index (χ4v) is 4.20. The summed E-state index contributed by atoms with van der Waals surface area (Å²) in [4.78, 5) is 17.3. The Morgan fingerprint density at radius 1 is 1.11 bits per heavy atom. The quantitative estimate of drug-likeness (QED) is 0.751. The normalized spacial score (nSPS) is 17.0. The van der Waals surface area contributed by atoms with Gasteiger partial charge in [-0.05, 0) is 43.1 Å². The van der Waals surface area contributed by atoms with Crippen LogP contribution < -0.4 is 0 Å². The van der Waals surface area contributed by atoms with Crippen molar-refractivity contribution in [2.75, 3.05) is 13.1 Å². The number of rotatable bonds is 3. The van der Waals surface area contributed by atoms with Crippen LogP contribution in [0.2, 0.25) is 0 Å². The molecule has 3 heterocycles. The molecular weight excluding hydrogens is 340 g/mol. The Bertz CT molecular complexity index is 995. The molecule has 0 aliphatic carbocycles. The molecule has 0 radical (unpaired) electrons. The lowest BCUT2D eigenvalue weighted by Gasteiger charge is -2.17. The molecule has 0 spiro atoms. The van der Waals surface area contributed by atoms with Crippen molar-refractivity contribution in [3.63, 3.8) is 0 Å². The zero-order valence-corrected chi connectivity index (χ0v) is 15.1. The van der Waals surface area contributed by atoms with E-state index in [9.17, 15) is 9.90 Å². The third-order valence-corrected chi connectivity index (χ3v) is 5.69. The van der Waals surface area contributed by atoms with Crippen molar-refractivity contribution in [3.8, 4) is 5.75 Å². The van der Waals surface area contributed by atoms with Crippen molar-refractivity contribution in [1.82, 2.24) is 20.0 Å². The molecule has 2 N–H and O–H groups in total. The predicted molar refractivity (Wildman–Crippen MR) is 102 cm³/mol. The van der Waals surface area contributed by atoms with Gasteiger partial charge in [0.15, 0.2) is 0 Å².